The van der Waals surface area contributed by atoms with E-state index in [2.05, 4.69) is 36.7 Å². The number of aromatic nitrogens is 6. The highest BCUT2D eigenvalue weighted by atomic mass is 32.1. The summed E-state index contributed by atoms with van der Waals surface area (Å²) in [4.78, 5) is 9.78. The average Bonchev–Trinajstić information content (AvgIpc) is 3.44. The second-order valence-electron chi connectivity index (χ2n) is 6.76. The van der Waals surface area contributed by atoms with Crippen LogP contribution in [0.2, 0.25) is 0 Å². The molecule has 0 fully saturated rings. The summed E-state index contributed by atoms with van der Waals surface area (Å²) in [5, 5.41) is 9.73. The lowest BCUT2D eigenvalue weighted by Gasteiger charge is -2.11. The van der Waals surface area contributed by atoms with Gasteiger partial charge in [0.2, 0.25) is 0 Å². The summed E-state index contributed by atoms with van der Waals surface area (Å²) in [5.41, 5.74) is 5.25. The number of thiazole rings is 1. The molecule has 0 unspecified atom stereocenters. The van der Waals surface area contributed by atoms with Gasteiger partial charge in [-0.05, 0) is 30.9 Å². The van der Waals surface area contributed by atoms with Crippen molar-refractivity contribution in [1.82, 2.24) is 29.5 Å². The Morgan fingerprint density at radius 2 is 2.03 bits per heavy atom. The molecule has 0 radical (unpaired) electrons. The number of aryl methyl sites for hydroxylation is 1. The van der Waals surface area contributed by atoms with E-state index in [1.165, 1.54) is 0 Å². The third-order valence-corrected chi connectivity index (χ3v) is 5.75. The number of nitrogens with zero attached hydrogens (tertiary/aromatic N) is 6. The zero-order valence-corrected chi connectivity index (χ0v) is 17.5. The molecule has 1 aromatic carbocycles. The van der Waals surface area contributed by atoms with Gasteiger partial charge in [0.25, 0.3) is 0 Å². The molecule has 0 bridgehead atoms. The fourth-order valence-electron chi connectivity index (χ4n) is 3.51. The molecule has 0 amide bonds. The Kier molecular flexibility index (Phi) is 4.58. The van der Waals surface area contributed by atoms with Crippen molar-refractivity contribution in [1.29, 1.82) is 0 Å². The molecule has 1 aliphatic rings. The second kappa shape index (κ2) is 7.40. The molecule has 8 nitrogen and oxygen atoms in total. The van der Waals surface area contributed by atoms with Crippen LogP contribution in [0.1, 0.15) is 32.7 Å². The van der Waals surface area contributed by atoms with Crippen LogP contribution in [0.15, 0.2) is 30.7 Å². The maximum Gasteiger partial charge on any atom is 0.135 e. The van der Waals surface area contributed by atoms with Crippen molar-refractivity contribution in [3.05, 3.63) is 63.4 Å². The number of hydrogen-bond acceptors (Lipinski definition) is 7. The Morgan fingerprint density at radius 3 is 2.80 bits per heavy atom. The van der Waals surface area contributed by atoms with Crippen molar-refractivity contribution >= 4 is 11.3 Å². The topological polar surface area (TPSA) is 79.9 Å². The van der Waals surface area contributed by atoms with Crippen LogP contribution in [0.4, 0.5) is 0 Å². The van der Waals surface area contributed by atoms with Crippen LogP contribution in [0.25, 0.3) is 11.4 Å². The SMILES string of the molecule is COCc1nnn2c1Cc1c(C#Cc3cnc(C)s3)ncn1-c1ccc(OC)cc1-2. The van der Waals surface area contributed by atoms with E-state index in [4.69, 9.17) is 9.47 Å². The molecule has 0 N–H and O–H groups in total. The van der Waals surface area contributed by atoms with E-state index in [1.807, 2.05) is 29.8 Å². The first-order valence-electron chi connectivity index (χ1n) is 9.29. The van der Waals surface area contributed by atoms with Crippen LogP contribution in [-0.4, -0.2) is 43.7 Å². The lowest BCUT2D eigenvalue weighted by atomic mass is 10.1. The fraction of sp³-hybridized carbons (Fsp3) is 0.238. The van der Waals surface area contributed by atoms with Crippen LogP contribution in [0, 0.1) is 18.8 Å². The number of rotatable bonds is 3. The standard InChI is InChI=1S/C21H18N6O2S/c1-13-22-10-15(30-13)5-6-16-19-9-20-17(11-28-2)24-25-27(20)21-8-14(29-3)4-7-18(21)26(19)12-23-16/h4,7-8,10,12H,9,11H2,1-3H3. The van der Waals surface area contributed by atoms with E-state index in [9.17, 15) is 0 Å². The summed E-state index contributed by atoms with van der Waals surface area (Å²) in [6.07, 6.45) is 4.17. The molecule has 9 heteroatoms. The number of fused-ring (bicyclic) bond motifs is 5. The molecular weight excluding hydrogens is 400 g/mol. The highest BCUT2D eigenvalue weighted by Crippen LogP contribution is 2.32. The van der Waals surface area contributed by atoms with Crippen LogP contribution in [0.5, 0.6) is 5.75 Å². The molecule has 150 valence electrons. The Hall–Kier alpha value is -3.48. The van der Waals surface area contributed by atoms with E-state index in [-0.39, 0.29) is 0 Å². The Morgan fingerprint density at radius 1 is 1.13 bits per heavy atom. The number of imidazole rings is 1. The van der Waals surface area contributed by atoms with Gasteiger partial charge in [-0.25, -0.2) is 14.6 Å². The fourth-order valence-corrected chi connectivity index (χ4v) is 4.14. The van der Waals surface area contributed by atoms with Gasteiger partial charge in [0.15, 0.2) is 0 Å². The zero-order chi connectivity index (χ0) is 20.7. The molecule has 30 heavy (non-hydrogen) atoms. The van der Waals surface area contributed by atoms with E-state index in [0.717, 1.165) is 49.8 Å². The summed E-state index contributed by atoms with van der Waals surface area (Å²) < 4.78 is 14.7. The predicted octanol–water partition coefficient (Wildman–Crippen LogP) is 2.68. The quantitative estimate of drug-likeness (QED) is 0.419. The summed E-state index contributed by atoms with van der Waals surface area (Å²) in [5.74, 6) is 7.15. The summed E-state index contributed by atoms with van der Waals surface area (Å²) in [6, 6.07) is 5.87. The molecule has 4 aromatic rings. The molecule has 4 heterocycles. The minimum atomic E-state index is 0.379. The minimum Gasteiger partial charge on any atom is -0.497 e. The maximum atomic E-state index is 5.43. The Labute approximate surface area is 177 Å². The molecular formula is C21H18N6O2S. The van der Waals surface area contributed by atoms with Crippen LogP contribution >= 0.6 is 11.3 Å². The first-order chi connectivity index (χ1) is 14.7. The summed E-state index contributed by atoms with van der Waals surface area (Å²) in [6.45, 7) is 2.35. The predicted molar refractivity (Wildman–Crippen MR) is 111 cm³/mol. The smallest absolute Gasteiger partial charge is 0.135 e. The Balaban J connectivity index is 1.69. The first kappa shape index (κ1) is 18.5. The molecule has 0 saturated heterocycles. The molecule has 1 aliphatic heterocycles. The maximum absolute atomic E-state index is 5.43. The van der Waals surface area contributed by atoms with Gasteiger partial charge >= 0.3 is 0 Å². The molecule has 0 spiro atoms. The lowest BCUT2D eigenvalue weighted by Crippen LogP contribution is -2.04. The largest absolute Gasteiger partial charge is 0.497 e. The van der Waals surface area contributed by atoms with Gasteiger partial charge in [0.05, 0.1) is 52.6 Å². The Bertz CT molecular complexity index is 1310. The summed E-state index contributed by atoms with van der Waals surface area (Å²) >= 11 is 1.57. The van der Waals surface area contributed by atoms with Crippen molar-refractivity contribution in [3.63, 3.8) is 0 Å². The van der Waals surface area contributed by atoms with E-state index < -0.39 is 0 Å². The summed E-state index contributed by atoms with van der Waals surface area (Å²) in [7, 11) is 3.30. The van der Waals surface area contributed by atoms with Gasteiger partial charge in [0.1, 0.15) is 23.5 Å². The molecule has 0 atom stereocenters. The number of methoxy groups -OCH3 is 2. The molecule has 0 aliphatic carbocycles. The highest BCUT2D eigenvalue weighted by Gasteiger charge is 2.26. The molecule has 0 saturated carbocycles. The first-order valence-corrected chi connectivity index (χ1v) is 10.1. The van der Waals surface area contributed by atoms with E-state index in [0.29, 0.717) is 13.0 Å². The van der Waals surface area contributed by atoms with Gasteiger partial charge in [-0.1, -0.05) is 5.21 Å². The molecule has 5 rings (SSSR count). The van der Waals surface area contributed by atoms with Crippen molar-refractivity contribution in [2.24, 2.45) is 0 Å². The van der Waals surface area contributed by atoms with Gasteiger partial charge in [-0.3, -0.25) is 4.57 Å². The third kappa shape index (κ3) is 3.07. The van der Waals surface area contributed by atoms with Crippen LogP contribution < -0.4 is 4.74 Å². The van der Waals surface area contributed by atoms with Crippen molar-refractivity contribution in [2.75, 3.05) is 14.2 Å². The van der Waals surface area contributed by atoms with Gasteiger partial charge in [-0.15, -0.1) is 16.4 Å². The lowest BCUT2D eigenvalue weighted by molar-refractivity contribution is 0.180. The van der Waals surface area contributed by atoms with Gasteiger partial charge in [0, 0.05) is 19.6 Å². The van der Waals surface area contributed by atoms with Crippen LogP contribution in [0.3, 0.4) is 0 Å². The normalized spacial score (nSPS) is 11.7. The van der Waals surface area contributed by atoms with E-state index >= 15 is 0 Å². The monoisotopic (exact) mass is 418 g/mol. The minimum absolute atomic E-state index is 0.379. The number of benzene rings is 1. The number of ether oxygens (including phenoxy) is 2. The van der Waals surface area contributed by atoms with Gasteiger partial charge in [-0.2, -0.15) is 0 Å². The van der Waals surface area contributed by atoms with E-state index in [1.54, 1.807) is 38.1 Å². The van der Waals surface area contributed by atoms with Crippen molar-refractivity contribution in [3.8, 4) is 29.0 Å². The van der Waals surface area contributed by atoms with Crippen molar-refractivity contribution < 1.29 is 9.47 Å². The number of hydrogen-bond donors (Lipinski definition) is 0. The highest BCUT2D eigenvalue weighted by molar-refractivity contribution is 7.12. The van der Waals surface area contributed by atoms with Gasteiger partial charge < -0.3 is 9.47 Å². The van der Waals surface area contributed by atoms with Crippen molar-refractivity contribution in [2.45, 2.75) is 20.0 Å². The third-order valence-electron chi connectivity index (χ3n) is 4.92. The molecule has 3 aromatic heterocycles. The average molecular weight is 418 g/mol. The zero-order valence-electron chi connectivity index (χ0n) is 16.7. The van der Waals surface area contributed by atoms with Crippen LogP contribution in [-0.2, 0) is 17.8 Å². The second-order valence-corrected chi connectivity index (χ2v) is 8.00.